The highest BCUT2D eigenvalue weighted by molar-refractivity contribution is 5.03. The third-order valence-electron chi connectivity index (χ3n) is 3.80. The molecule has 0 amide bonds. The molecule has 1 aliphatic heterocycles. The van der Waals surface area contributed by atoms with Crippen molar-refractivity contribution in [2.75, 3.05) is 33.7 Å². The highest BCUT2D eigenvalue weighted by Crippen LogP contribution is 2.14. The number of nitrogens with one attached hydrogen (secondary N) is 1. The Balaban J connectivity index is 2.04. The Bertz CT molecular complexity index is 341. The van der Waals surface area contributed by atoms with E-state index in [1.165, 1.54) is 6.42 Å². The summed E-state index contributed by atoms with van der Waals surface area (Å²) in [7, 11) is 4.35. The van der Waals surface area contributed by atoms with Gasteiger partial charge in [-0.1, -0.05) is 0 Å². The minimum atomic E-state index is 0.210. The highest BCUT2D eigenvalue weighted by Gasteiger charge is 2.28. The standard InChI is InChI=1S/C13H24N4O/c1-16-6-4-7-17(2)13(10-16)12(15-14)9-11-5-3-8-18-11/h3,5,8,12-13,15H,4,6-7,9-10,14H2,1-2H3. The summed E-state index contributed by atoms with van der Waals surface area (Å²) in [5.74, 6) is 6.73. The summed E-state index contributed by atoms with van der Waals surface area (Å²) in [6, 6.07) is 4.55. The van der Waals surface area contributed by atoms with Crippen molar-refractivity contribution >= 4 is 0 Å². The number of rotatable bonds is 4. The molecule has 0 radical (unpaired) electrons. The molecule has 1 aliphatic rings. The van der Waals surface area contributed by atoms with Gasteiger partial charge in [0.25, 0.3) is 0 Å². The molecule has 0 saturated carbocycles. The SMILES string of the molecule is CN1CCCN(C)C(C(Cc2ccco2)NN)C1. The van der Waals surface area contributed by atoms with Crippen LogP contribution < -0.4 is 11.3 Å². The highest BCUT2D eigenvalue weighted by atomic mass is 16.3. The molecule has 1 fully saturated rings. The van der Waals surface area contributed by atoms with Crippen molar-refractivity contribution in [2.24, 2.45) is 5.84 Å². The van der Waals surface area contributed by atoms with Gasteiger partial charge >= 0.3 is 0 Å². The van der Waals surface area contributed by atoms with E-state index in [0.717, 1.165) is 31.8 Å². The van der Waals surface area contributed by atoms with Crippen LogP contribution in [0, 0.1) is 0 Å². The van der Waals surface area contributed by atoms with E-state index in [1.807, 2.05) is 12.1 Å². The molecule has 1 aromatic rings. The molecule has 2 rings (SSSR count). The van der Waals surface area contributed by atoms with Gasteiger partial charge in [-0.2, -0.15) is 0 Å². The van der Waals surface area contributed by atoms with Gasteiger partial charge in [-0.3, -0.25) is 11.3 Å². The average Bonchev–Trinajstić information content (AvgIpc) is 2.80. The number of hydrogen-bond acceptors (Lipinski definition) is 5. The van der Waals surface area contributed by atoms with Gasteiger partial charge in [0, 0.05) is 25.0 Å². The first-order valence-corrected chi connectivity index (χ1v) is 6.58. The Morgan fingerprint density at radius 2 is 2.33 bits per heavy atom. The fourth-order valence-electron chi connectivity index (χ4n) is 2.69. The predicted molar refractivity (Wildman–Crippen MR) is 72.1 cm³/mol. The summed E-state index contributed by atoms with van der Waals surface area (Å²) in [4.78, 5) is 4.78. The van der Waals surface area contributed by atoms with Gasteiger partial charge in [0.05, 0.1) is 6.26 Å². The molecule has 0 aromatic carbocycles. The van der Waals surface area contributed by atoms with Gasteiger partial charge in [-0.05, 0) is 45.7 Å². The summed E-state index contributed by atoms with van der Waals surface area (Å²) in [6.07, 6.45) is 3.75. The van der Waals surface area contributed by atoms with E-state index < -0.39 is 0 Å². The van der Waals surface area contributed by atoms with E-state index in [-0.39, 0.29) is 6.04 Å². The number of nitrogens with zero attached hydrogens (tertiary/aromatic N) is 2. The zero-order valence-corrected chi connectivity index (χ0v) is 11.3. The molecule has 18 heavy (non-hydrogen) atoms. The molecule has 0 aliphatic carbocycles. The van der Waals surface area contributed by atoms with Crippen molar-refractivity contribution in [3.63, 3.8) is 0 Å². The van der Waals surface area contributed by atoms with Gasteiger partial charge in [0.1, 0.15) is 5.76 Å². The number of nitrogens with two attached hydrogens (primary N) is 1. The zero-order chi connectivity index (χ0) is 13.0. The van der Waals surface area contributed by atoms with Crippen LogP contribution in [0.1, 0.15) is 12.2 Å². The van der Waals surface area contributed by atoms with Gasteiger partial charge < -0.3 is 14.2 Å². The summed E-state index contributed by atoms with van der Waals surface area (Å²) < 4.78 is 5.42. The van der Waals surface area contributed by atoms with E-state index in [4.69, 9.17) is 10.3 Å². The second-order valence-corrected chi connectivity index (χ2v) is 5.22. The molecular weight excluding hydrogens is 228 g/mol. The van der Waals surface area contributed by atoms with Crippen LogP contribution in [0.4, 0.5) is 0 Å². The number of hydrazine groups is 1. The maximum absolute atomic E-state index is 5.74. The van der Waals surface area contributed by atoms with Crippen molar-refractivity contribution in [1.82, 2.24) is 15.2 Å². The molecule has 2 atom stereocenters. The number of hydrogen-bond donors (Lipinski definition) is 2. The van der Waals surface area contributed by atoms with Crippen LogP contribution >= 0.6 is 0 Å². The molecule has 5 heteroatoms. The van der Waals surface area contributed by atoms with Gasteiger partial charge in [0.15, 0.2) is 0 Å². The van der Waals surface area contributed by atoms with Crippen molar-refractivity contribution in [3.05, 3.63) is 24.2 Å². The Hall–Kier alpha value is -0.880. The molecule has 102 valence electrons. The topological polar surface area (TPSA) is 57.7 Å². The Morgan fingerprint density at radius 3 is 3.00 bits per heavy atom. The molecule has 0 spiro atoms. The van der Waals surface area contributed by atoms with Crippen LogP contribution in [0.2, 0.25) is 0 Å². The van der Waals surface area contributed by atoms with Crippen LogP contribution in [0.5, 0.6) is 0 Å². The minimum Gasteiger partial charge on any atom is -0.469 e. The van der Waals surface area contributed by atoms with E-state index in [2.05, 4.69) is 29.3 Å². The lowest BCUT2D eigenvalue weighted by atomic mass is 10.0. The lowest BCUT2D eigenvalue weighted by Crippen LogP contribution is -2.55. The van der Waals surface area contributed by atoms with E-state index >= 15 is 0 Å². The summed E-state index contributed by atoms with van der Waals surface area (Å²) in [5.41, 5.74) is 2.96. The zero-order valence-electron chi connectivity index (χ0n) is 11.3. The van der Waals surface area contributed by atoms with Gasteiger partial charge in [0.2, 0.25) is 0 Å². The monoisotopic (exact) mass is 252 g/mol. The molecule has 0 bridgehead atoms. The van der Waals surface area contributed by atoms with E-state index in [1.54, 1.807) is 6.26 Å². The Morgan fingerprint density at radius 1 is 1.50 bits per heavy atom. The van der Waals surface area contributed by atoms with Crippen molar-refractivity contribution < 1.29 is 4.42 Å². The van der Waals surface area contributed by atoms with Crippen molar-refractivity contribution in [2.45, 2.75) is 24.9 Å². The number of likely N-dealkylation sites (N-methyl/N-ethyl adjacent to an activating group) is 2. The van der Waals surface area contributed by atoms with Crippen LogP contribution in [0.15, 0.2) is 22.8 Å². The van der Waals surface area contributed by atoms with Gasteiger partial charge in [-0.25, -0.2) is 0 Å². The summed E-state index contributed by atoms with van der Waals surface area (Å²) >= 11 is 0. The third kappa shape index (κ3) is 3.32. The van der Waals surface area contributed by atoms with Crippen LogP contribution in [0.25, 0.3) is 0 Å². The molecule has 1 saturated heterocycles. The lowest BCUT2D eigenvalue weighted by molar-refractivity contribution is 0.174. The van der Waals surface area contributed by atoms with E-state index in [9.17, 15) is 0 Å². The Kier molecular flexibility index (Phi) is 4.77. The quantitative estimate of drug-likeness (QED) is 0.596. The molecule has 2 heterocycles. The van der Waals surface area contributed by atoms with Crippen LogP contribution in [-0.2, 0) is 6.42 Å². The van der Waals surface area contributed by atoms with Crippen molar-refractivity contribution in [3.8, 4) is 0 Å². The third-order valence-corrected chi connectivity index (χ3v) is 3.80. The second kappa shape index (κ2) is 6.33. The van der Waals surface area contributed by atoms with E-state index in [0.29, 0.717) is 6.04 Å². The first-order chi connectivity index (χ1) is 8.70. The largest absolute Gasteiger partial charge is 0.469 e. The van der Waals surface area contributed by atoms with Crippen LogP contribution in [-0.4, -0.2) is 55.6 Å². The molecule has 3 N–H and O–H groups in total. The van der Waals surface area contributed by atoms with Crippen molar-refractivity contribution in [1.29, 1.82) is 0 Å². The van der Waals surface area contributed by atoms with Gasteiger partial charge in [-0.15, -0.1) is 0 Å². The fraction of sp³-hybridized carbons (Fsp3) is 0.692. The number of furan rings is 1. The smallest absolute Gasteiger partial charge is 0.105 e. The molecular formula is C13H24N4O. The first-order valence-electron chi connectivity index (χ1n) is 6.58. The predicted octanol–water partition coefficient (Wildman–Crippen LogP) is 0.290. The Labute approximate surface area is 109 Å². The summed E-state index contributed by atoms with van der Waals surface area (Å²) in [6.45, 7) is 3.30. The first kappa shape index (κ1) is 13.5. The molecule has 2 unspecified atom stereocenters. The maximum Gasteiger partial charge on any atom is 0.105 e. The lowest BCUT2D eigenvalue weighted by Gasteiger charge is -2.33. The maximum atomic E-state index is 5.74. The normalized spacial score (nSPS) is 24.9. The molecule has 5 nitrogen and oxygen atoms in total. The fourth-order valence-corrected chi connectivity index (χ4v) is 2.69. The minimum absolute atomic E-state index is 0.210. The van der Waals surface area contributed by atoms with Crippen LogP contribution in [0.3, 0.4) is 0 Å². The molecule has 1 aromatic heterocycles. The average molecular weight is 252 g/mol. The summed E-state index contributed by atoms with van der Waals surface area (Å²) in [5, 5.41) is 0. The second-order valence-electron chi connectivity index (χ2n) is 5.22.